The molecule has 4 heteroatoms. The minimum absolute atomic E-state index is 0.414. The molecule has 1 N–H and O–H groups in total. The molecule has 0 heterocycles. The van der Waals surface area contributed by atoms with E-state index < -0.39 is 11.6 Å². The number of esters is 1. The molecule has 1 rings (SSSR count). The van der Waals surface area contributed by atoms with Gasteiger partial charge in [0.2, 0.25) is 0 Å². The lowest BCUT2D eigenvalue weighted by Crippen LogP contribution is -2.37. The Labute approximate surface area is 104 Å². The summed E-state index contributed by atoms with van der Waals surface area (Å²) in [5.41, 5.74) is -1.19. The molecule has 1 aliphatic rings. The standard InChI is InChI=1S/C13H25NO3/c1-3-14(4-2)10-7-11-17-12(15)13(16)8-5-6-9-13/h16H,3-11H2,1-2H3. The lowest BCUT2D eigenvalue weighted by atomic mass is 10.0. The van der Waals surface area contributed by atoms with Crippen LogP contribution < -0.4 is 0 Å². The van der Waals surface area contributed by atoms with E-state index in [0.29, 0.717) is 19.4 Å². The zero-order chi connectivity index (χ0) is 12.7. The number of ether oxygens (including phenoxy) is 1. The van der Waals surface area contributed by atoms with E-state index in [1.165, 1.54) is 0 Å². The van der Waals surface area contributed by atoms with Crippen LogP contribution >= 0.6 is 0 Å². The lowest BCUT2D eigenvalue weighted by molar-refractivity contribution is -0.165. The summed E-state index contributed by atoms with van der Waals surface area (Å²) in [6.07, 6.45) is 3.79. The van der Waals surface area contributed by atoms with Gasteiger partial charge in [0.1, 0.15) is 0 Å². The number of aliphatic hydroxyl groups is 1. The van der Waals surface area contributed by atoms with Crippen LogP contribution in [-0.4, -0.2) is 47.8 Å². The van der Waals surface area contributed by atoms with E-state index in [4.69, 9.17) is 4.74 Å². The largest absolute Gasteiger partial charge is 0.464 e. The SMILES string of the molecule is CCN(CC)CCCOC(=O)C1(O)CCCC1. The number of carbonyl (C=O) groups excluding carboxylic acids is 1. The molecule has 1 aliphatic carbocycles. The predicted molar refractivity (Wildman–Crippen MR) is 66.8 cm³/mol. The highest BCUT2D eigenvalue weighted by molar-refractivity contribution is 5.79. The number of nitrogens with zero attached hydrogens (tertiary/aromatic N) is 1. The number of hydrogen-bond acceptors (Lipinski definition) is 4. The van der Waals surface area contributed by atoms with Gasteiger partial charge in [0.25, 0.3) is 0 Å². The van der Waals surface area contributed by atoms with Gasteiger partial charge in [-0.3, -0.25) is 0 Å². The summed E-state index contributed by atoms with van der Waals surface area (Å²) < 4.78 is 5.15. The van der Waals surface area contributed by atoms with Crippen molar-refractivity contribution in [3.8, 4) is 0 Å². The van der Waals surface area contributed by atoms with E-state index in [1.807, 2.05) is 0 Å². The minimum atomic E-state index is -1.19. The summed E-state index contributed by atoms with van der Waals surface area (Å²) in [4.78, 5) is 14.0. The molecule has 0 aromatic carbocycles. The van der Waals surface area contributed by atoms with Gasteiger partial charge in [0.15, 0.2) is 5.60 Å². The van der Waals surface area contributed by atoms with E-state index in [0.717, 1.165) is 38.9 Å². The molecular weight excluding hydrogens is 218 g/mol. The van der Waals surface area contributed by atoms with Crippen molar-refractivity contribution in [1.82, 2.24) is 4.90 Å². The van der Waals surface area contributed by atoms with E-state index in [1.54, 1.807) is 0 Å². The summed E-state index contributed by atoms with van der Waals surface area (Å²) in [6.45, 7) is 7.65. The Morgan fingerprint density at radius 3 is 2.41 bits per heavy atom. The van der Waals surface area contributed by atoms with Crippen molar-refractivity contribution in [2.24, 2.45) is 0 Å². The Kier molecular flexibility index (Phi) is 5.92. The lowest BCUT2D eigenvalue weighted by Gasteiger charge is -2.21. The fourth-order valence-corrected chi connectivity index (χ4v) is 2.29. The molecule has 0 aromatic rings. The van der Waals surface area contributed by atoms with Crippen LogP contribution in [0.5, 0.6) is 0 Å². The molecular formula is C13H25NO3. The molecule has 0 aromatic heterocycles. The van der Waals surface area contributed by atoms with Gasteiger partial charge >= 0.3 is 5.97 Å². The van der Waals surface area contributed by atoms with Crippen LogP contribution in [-0.2, 0) is 9.53 Å². The molecule has 100 valence electrons. The van der Waals surface area contributed by atoms with Crippen molar-refractivity contribution in [2.45, 2.75) is 51.6 Å². The van der Waals surface area contributed by atoms with Crippen LogP contribution in [0.2, 0.25) is 0 Å². The highest BCUT2D eigenvalue weighted by Gasteiger charge is 2.40. The van der Waals surface area contributed by atoms with Crippen molar-refractivity contribution < 1.29 is 14.6 Å². The van der Waals surface area contributed by atoms with Gasteiger partial charge in [-0.25, -0.2) is 4.79 Å². The Balaban J connectivity index is 2.16. The summed E-state index contributed by atoms with van der Waals surface area (Å²) in [5, 5.41) is 9.98. The Bertz CT molecular complexity index is 233. The fourth-order valence-electron chi connectivity index (χ4n) is 2.29. The van der Waals surface area contributed by atoms with E-state index in [9.17, 15) is 9.90 Å². The van der Waals surface area contributed by atoms with Gasteiger partial charge in [0.05, 0.1) is 6.61 Å². The first-order valence-corrected chi connectivity index (χ1v) is 6.74. The van der Waals surface area contributed by atoms with Gasteiger partial charge < -0.3 is 14.7 Å². The van der Waals surface area contributed by atoms with Gasteiger partial charge in [-0.15, -0.1) is 0 Å². The topological polar surface area (TPSA) is 49.8 Å². The molecule has 0 saturated heterocycles. The minimum Gasteiger partial charge on any atom is -0.464 e. The summed E-state index contributed by atoms with van der Waals surface area (Å²) >= 11 is 0. The van der Waals surface area contributed by atoms with Crippen LogP contribution in [0.25, 0.3) is 0 Å². The Morgan fingerprint density at radius 1 is 1.29 bits per heavy atom. The molecule has 0 aliphatic heterocycles. The molecule has 17 heavy (non-hydrogen) atoms. The highest BCUT2D eigenvalue weighted by Crippen LogP contribution is 2.30. The van der Waals surface area contributed by atoms with Crippen molar-refractivity contribution in [2.75, 3.05) is 26.2 Å². The van der Waals surface area contributed by atoms with Gasteiger partial charge in [-0.05, 0) is 45.2 Å². The second-order valence-corrected chi connectivity index (χ2v) is 4.76. The molecule has 0 unspecified atom stereocenters. The normalized spacial score (nSPS) is 18.6. The predicted octanol–water partition coefficient (Wildman–Crippen LogP) is 1.57. The van der Waals surface area contributed by atoms with Crippen molar-refractivity contribution in [3.05, 3.63) is 0 Å². The number of hydrogen-bond donors (Lipinski definition) is 1. The second kappa shape index (κ2) is 6.97. The average Bonchev–Trinajstić information content (AvgIpc) is 2.77. The van der Waals surface area contributed by atoms with Crippen molar-refractivity contribution in [1.29, 1.82) is 0 Å². The summed E-state index contributed by atoms with van der Waals surface area (Å²) in [7, 11) is 0. The monoisotopic (exact) mass is 243 g/mol. The van der Waals surface area contributed by atoms with E-state index in [2.05, 4.69) is 18.7 Å². The first-order chi connectivity index (χ1) is 8.12. The molecule has 0 atom stereocenters. The van der Waals surface area contributed by atoms with Crippen LogP contribution in [0.15, 0.2) is 0 Å². The van der Waals surface area contributed by atoms with E-state index >= 15 is 0 Å². The fraction of sp³-hybridized carbons (Fsp3) is 0.923. The molecule has 1 fully saturated rings. The number of rotatable bonds is 7. The van der Waals surface area contributed by atoms with Crippen molar-refractivity contribution in [3.63, 3.8) is 0 Å². The Hall–Kier alpha value is -0.610. The third-order valence-corrected chi connectivity index (χ3v) is 3.56. The van der Waals surface area contributed by atoms with Crippen LogP contribution in [0.3, 0.4) is 0 Å². The maximum Gasteiger partial charge on any atom is 0.338 e. The van der Waals surface area contributed by atoms with E-state index in [-0.39, 0.29) is 0 Å². The van der Waals surface area contributed by atoms with Crippen LogP contribution in [0.1, 0.15) is 46.0 Å². The quantitative estimate of drug-likeness (QED) is 0.544. The second-order valence-electron chi connectivity index (χ2n) is 4.76. The maximum absolute atomic E-state index is 11.7. The highest BCUT2D eigenvalue weighted by atomic mass is 16.5. The summed E-state index contributed by atoms with van der Waals surface area (Å²) in [6, 6.07) is 0. The molecule has 0 spiro atoms. The van der Waals surface area contributed by atoms with Crippen molar-refractivity contribution >= 4 is 5.97 Å². The third-order valence-electron chi connectivity index (χ3n) is 3.56. The van der Waals surface area contributed by atoms with Gasteiger partial charge in [-0.1, -0.05) is 13.8 Å². The van der Waals surface area contributed by atoms with Crippen LogP contribution in [0.4, 0.5) is 0 Å². The van der Waals surface area contributed by atoms with Crippen LogP contribution in [0, 0.1) is 0 Å². The molecule has 0 radical (unpaired) electrons. The zero-order valence-corrected chi connectivity index (χ0v) is 11.1. The molecule has 1 saturated carbocycles. The smallest absolute Gasteiger partial charge is 0.338 e. The third kappa shape index (κ3) is 4.28. The Morgan fingerprint density at radius 2 is 1.88 bits per heavy atom. The first-order valence-electron chi connectivity index (χ1n) is 6.74. The zero-order valence-electron chi connectivity index (χ0n) is 11.1. The first kappa shape index (κ1) is 14.5. The average molecular weight is 243 g/mol. The molecule has 0 amide bonds. The molecule has 4 nitrogen and oxygen atoms in total. The van der Waals surface area contributed by atoms with Gasteiger partial charge in [-0.2, -0.15) is 0 Å². The number of carbonyl (C=O) groups is 1. The van der Waals surface area contributed by atoms with Gasteiger partial charge in [0, 0.05) is 6.54 Å². The maximum atomic E-state index is 11.7. The molecule has 0 bridgehead atoms. The summed E-state index contributed by atoms with van der Waals surface area (Å²) in [5.74, 6) is -0.422.